The summed E-state index contributed by atoms with van der Waals surface area (Å²) < 4.78 is 41.1. The van der Waals surface area contributed by atoms with Gasteiger partial charge in [-0.3, -0.25) is 9.59 Å². The minimum atomic E-state index is -3.78. The summed E-state index contributed by atoms with van der Waals surface area (Å²) in [5.74, 6) is -1.71. The van der Waals surface area contributed by atoms with Crippen LogP contribution in [0.1, 0.15) is 25.6 Å². The molecule has 0 unspecified atom stereocenters. The Kier molecular flexibility index (Phi) is 7.50. The standard InChI is InChI=1S/C21H20FN3O4S2/c22-19-9-2-1-8-18(19)21(27)24-11-10-23-20(26)15-5-3-7-17(13-15)31(28,29)25-14-16-6-4-12-30-16/h1-9,12-13,25H,10-11,14H2,(H,23,26)(H,24,27). The van der Waals surface area contributed by atoms with Gasteiger partial charge in [-0.1, -0.05) is 24.3 Å². The van der Waals surface area contributed by atoms with Gasteiger partial charge in [0.2, 0.25) is 10.0 Å². The molecule has 162 valence electrons. The normalized spacial score (nSPS) is 11.1. The molecule has 2 aromatic carbocycles. The van der Waals surface area contributed by atoms with Crippen molar-refractivity contribution in [2.24, 2.45) is 0 Å². The molecule has 10 heteroatoms. The number of thiophene rings is 1. The summed E-state index contributed by atoms with van der Waals surface area (Å²) in [5, 5.41) is 6.96. The molecule has 0 bridgehead atoms. The molecule has 0 aliphatic heterocycles. The van der Waals surface area contributed by atoms with Gasteiger partial charge in [0.15, 0.2) is 0 Å². The second-order valence-electron chi connectivity index (χ2n) is 6.42. The molecule has 0 saturated heterocycles. The van der Waals surface area contributed by atoms with Crippen LogP contribution in [0.25, 0.3) is 0 Å². The first-order valence-electron chi connectivity index (χ1n) is 9.30. The molecule has 0 fully saturated rings. The average Bonchev–Trinajstić information content (AvgIpc) is 3.29. The number of rotatable bonds is 9. The Labute approximate surface area is 183 Å². The van der Waals surface area contributed by atoms with E-state index in [1.165, 1.54) is 53.8 Å². The van der Waals surface area contributed by atoms with Crippen LogP contribution in [0.15, 0.2) is 70.9 Å². The predicted molar refractivity (Wildman–Crippen MR) is 116 cm³/mol. The highest BCUT2D eigenvalue weighted by atomic mass is 32.2. The third-order valence-corrected chi connectivity index (χ3v) is 6.51. The van der Waals surface area contributed by atoms with Crippen LogP contribution in [-0.4, -0.2) is 33.3 Å². The molecular weight excluding hydrogens is 441 g/mol. The average molecular weight is 462 g/mol. The largest absolute Gasteiger partial charge is 0.350 e. The van der Waals surface area contributed by atoms with E-state index in [9.17, 15) is 22.4 Å². The van der Waals surface area contributed by atoms with E-state index in [1.807, 2.05) is 17.5 Å². The van der Waals surface area contributed by atoms with E-state index < -0.39 is 27.7 Å². The molecule has 1 aromatic heterocycles. The van der Waals surface area contributed by atoms with E-state index >= 15 is 0 Å². The van der Waals surface area contributed by atoms with Crippen molar-refractivity contribution in [3.8, 4) is 0 Å². The van der Waals surface area contributed by atoms with Gasteiger partial charge in [0.05, 0.1) is 10.5 Å². The molecule has 0 aliphatic rings. The second kappa shape index (κ2) is 10.3. The molecule has 3 aromatic rings. The molecule has 2 amide bonds. The molecule has 31 heavy (non-hydrogen) atoms. The Balaban J connectivity index is 1.52. The van der Waals surface area contributed by atoms with Crippen molar-refractivity contribution < 1.29 is 22.4 Å². The summed E-state index contributed by atoms with van der Waals surface area (Å²) in [6.45, 7) is 0.337. The first kappa shape index (κ1) is 22.6. The number of nitrogens with one attached hydrogen (secondary N) is 3. The van der Waals surface area contributed by atoms with Crippen LogP contribution >= 0.6 is 11.3 Å². The summed E-state index contributed by atoms with van der Waals surface area (Å²) in [5.41, 5.74) is 0.0845. The molecule has 7 nitrogen and oxygen atoms in total. The van der Waals surface area contributed by atoms with E-state index in [0.29, 0.717) is 0 Å². The van der Waals surface area contributed by atoms with Crippen molar-refractivity contribution in [3.63, 3.8) is 0 Å². The van der Waals surface area contributed by atoms with Crippen LogP contribution < -0.4 is 15.4 Å². The molecular formula is C21H20FN3O4S2. The molecule has 1 heterocycles. The number of benzene rings is 2. The number of hydrogen-bond donors (Lipinski definition) is 3. The van der Waals surface area contributed by atoms with Crippen LogP contribution in [0.5, 0.6) is 0 Å². The van der Waals surface area contributed by atoms with Gasteiger partial charge in [0.1, 0.15) is 5.82 Å². The molecule has 0 radical (unpaired) electrons. The van der Waals surface area contributed by atoms with E-state index in [2.05, 4.69) is 15.4 Å². The van der Waals surface area contributed by atoms with Gasteiger partial charge in [0, 0.05) is 30.1 Å². The smallest absolute Gasteiger partial charge is 0.254 e. The fourth-order valence-electron chi connectivity index (χ4n) is 2.66. The quantitative estimate of drug-likeness (QED) is 0.426. The Morgan fingerprint density at radius 3 is 2.35 bits per heavy atom. The maximum atomic E-state index is 13.6. The first-order valence-corrected chi connectivity index (χ1v) is 11.7. The summed E-state index contributed by atoms with van der Waals surface area (Å²) in [7, 11) is -3.78. The fraction of sp³-hybridized carbons (Fsp3) is 0.143. The minimum Gasteiger partial charge on any atom is -0.350 e. The number of halogens is 1. The maximum absolute atomic E-state index is 13.6. The Morgan fingerprint density at radius 2 is 1.65 bits per heavy atom. The Morgan fingerprint density at radius 1 is 0.903 bits per heavy atom. The van der Waals surface area contributed by atoms with Gasteiger partial charge in [0.25, 0.3) is 11.8 Å². The van der Waals surface area contributed by atoms with Gasteiger partial charge < -0.3 is 10.6 Å². The van der Waals surface area contributed by atoms with Crippen molar-refractivity contribution in [1.82, 2.24) is 15.4 Å². The van der Waals surface area contributed by atoms with E-state index in [0.717, 1.165) is 4.88 Å². The Hall–Kier alpha value is -3.08. The van der Waals surface area contributed by atoms with E-state index in [4.69, 9.17) is 0 Å². The maximum Gasteiger partial charge on any atom is 0.254 e. The van der Waals surface area contributed by atoms with Gasteiger partial charge >= 0.3 is 0 Å². The lowest BCUT2D eigenvalue weighted by Crippen LogP contribution is -2.35. The van der Waals surface area contributed by atoms with Crippen molar-refractivity contribution in [2.45, 2.75) is 11.4 Å². The van der Waals surface area contributed by atoms with Crippen molar-refractivity contribution in [1.29, 1.82) is 0 Å². The number of amides is 2. The van der Waals surface area contributed by atoms with Crippen LogP contribution in [0.2, 0.25) is 0 Å². The van der Waals surface area contributed by atoms with Gasteiger partial charge in [-0.15, -0.1) is 11.3 Å². The molecule has 3 N–H and O–H groups in total. The molecule has 0 aliphatic carbocycles. The topological polar surface area (TPSA) is 104 Å². The monoisotopic (exact) mass is 461 g/mol. The van der Waals surface area contributed by atoms with Crippen molar-refractivity contribution in [2.75, 3.05) is 13.1 Å². The van der Waals surface area contributed by atoms with Gasteiger partial charge in [-0.2, -0.15) is 0 Å². The second-order valence-corrected chi connectivity index (χ2v) is 9.22. The first-order chi connectivity index (χ1) is 14.9. The van der Waals surface area contributed by atoms with E-state index in [1.54, 1.807) is 6.07 Å². The van der Waals surface area contributed by atoms with Crippen LogP contribution in [0.3, 0.4) is 0 Å². The highest BCUT2D eigenvalue weighted by Gasteiger charge is 2.16. The van der Waals surface area contributed by atoms with E-state index in [-0.39, 0.29) is 35.7 Å². The lowest BCUT2D eigenvalue weighted by atomic mass is 10.2. The zero-order valence-electron chi connectivity index (χ0n) is 16.3. The summed E-state index contributed by atoms with van der Waals surface area (Å²) in [4.78, 5) is 25.1. The summed E-state index contributed by atoms with van der Waals surface area (Å²) in [6, 6.07) is 14.9. The minimum absolute atomic E-state index is 0.0236. The van der Waals surface area contributed by atoms with Crippen molar-refractivity contribution >= 4 is 33.2 Å². The van der Waals surface area contributed by atoms with Gasteiger partial charge in [-0.05, 0) is 41.8 Å². The summed E-state index contributed by atoms with van der Waals surface area (Å²) in [6.07, 6.45) is 0. The number of sulfonamides is 1. The van der Waals surface area contributed by atoms with Crippen LogP contribution in [0, 0.1) is 5.82 Å². The third kappa shape index (κ3) is 6.20. The summed E-state index contributed by atoms with van der Waals surface area (Å²) >= 11 is 1.44. The molecule has 3 rings (SSSR count). The fourth-order valence-corrected chi connectivity index (χ4v) is 4.45. The molecule has 0 saturated carbocycles. The third-order valence-electron chi connectivity index (χ3n) is 4.24. The zero-order chi connectivity index (χ0) is 22.3. The van der Waals surface area contributed by atoms with Crippen LogP contribution in [-0.2, 0) is 16.6 Å². The number of carbonyl (C=O) groups excluding carboxylic acids is 2. The van der Waals surface area contributed by atoms with Crippen LogP contribution in [0.4, 0.5) is 4.39 Å². The molecule has 0 atom stereocenters. The van der Waals surface area contributed by atoms with Gasteiger partial charge in [-0.25, -0.2) is 17.5 Å². The lowest BCUT2D eigenvalue weighted by Gasteiger charge is -2.09. The number of hydrogen-bond acceptors (Lipinski definition) is 5. The lowest BCUT2D eigenvalue weighted by molar-refractivity contribution is 0.0925. The SMILES string of the molecule is O=C(NCCNC(=O)c1ccccc1F)c1cccc(S(=O)(=O)NCc2cccs2)c1. The predicted octanol–water partition coefficient (Wildman–Crippen LogP) is 2.53. The highest BCUT2D eigenvalue weighted by molar-refractivity contribution is 7.89. The highest BCUT2D eigenvalue weighted by Crippen LogP contribution is 2.14. The Bertz CT molecular complexity index is 1160. The molecule has 0 spiro atoms. The van der Waals surface area contributed by atoms with Crippen molar-refractivity contribution in [3.05, 3.63) is 87.9 Å². The zero-order valence-corrected chi connectivity index (χ0v) is 17.9. The number of carbonyl (C=O) groups is 2.